The van der Waals surface area contributed by atoms with Crippen LogP contribution < -0.4 is 26.0 Å². The van der Waals surface area contributed by atoms with E-state index in [1.54, 1.807) is 67.7 Å². The number of ether oxygens (including phenoxy) is 2. The molecule has 3 amide bonds. The molecule has 220 valence electrons. The van der Waals surface area contributed by atoms with E-state index in [2.05, 4.69) is 25.8 Å². The average molecular weight is 582 g/mol. The number of nitrogen functional groups attached to an aromatic ring is 1. The lowest BCUT2D eigenvalue weighted by Gasteiger charge is -2.20. The summed E-state index contributed by atoms with van der Waals surface area (Å²) in [4.78, 5) is 42.5. The molecule has 1 heterocycles. The van der Waals surface area contributed by atoms with Gasteiger partial charge >= 0.3 is 6.09 Å². The third-order valence-corrected chi connectivity index (χ3v) is 6.15. The van der Waals surface area contributed by atoms with Crippen molar-refractivity contribution in [3.8, 4) is 5.75 Å². The van der Waals surface area contributed by atoms with Crippen molar-refractivity contribution in [3.63, 3.8) is 0 Å². The number of anilines is 3. The summed E-state index contributed by atoms with van der Waals surface area (Å²) in [5.74, 6) is -0.293. The smallest absolute Gasteiger partial charge is 0.416 e. The SMILES string of the molecule is CCc1ccccc1N(C)C(=O)OCOc1ccccc1/N=N/c1ccc(NC(=O)CNC(=O)c2ccccc2)nc1N. The Bertz CT molecular complexity index is 1610. The van der Waals surface area contributed by atoms with Gasteiger partial charge in [0.2, 0.25) is 12.7 Å². The Hall–Kier alpha value is -5.78. The topological polar surface area (TPSA) is 161 Å². The maximum absolute atomic E-state index is 12.6. The van der Waals surface area contributed by atoms with E-state index >= 15 is 0 Å². The minimum Gasteiger partial charge on any atom is -0.455 e. The molecule has 3 aromatic carbocycles. The fourth-order valence-electron chi connectivity index (χ4n) is 3.91. The quantitative estimate of drug-likeness (QED) is 0.153. The van der Waals surface area contributed by atoms with Gasteiger partial charge in [-0.15, -0.1) is 10.2 Å². The summed E-state index contributed by atoms with van der Waals surface area (Å²) in [6, 6.07) is 26.0. The fraction of sp³-hybridized carbons (Fsp3) is 0.161. The molecule has 0 saturated carbocycles. The van der Waals surface area contributed by atoms with Crippen LogP contribution >= 0.6 is 0 Å². The molecule has 0 aliphatic rings. The first kappa shape index (κ1) is 30.2. The Kier molecular flexibility index (Phi) is 10.3. The van der Waals surface area contributed by atoms with Gasteiger partial charge in [0.25, 0.3) is 5.91 Å². The largest absolute Gasteiger partial charge is 0.455 e. The van der Waals surface area contributed by atoms with Crippen molar-refractivity contribution in [2.75, 3.05) is 36.3 Å². The van der Waals surface area contributed by atoms with Gasteiger partial charge in [0.15, 0.2) is 11.6 Å². The number of carbonyl (C=O) groups is 3. The normalized spacial score (nSPS) is 10.7. The molecule has 0 unspecified atom stereocenters. The minimum atomic E-state index is -0.565. The van der Waals surface area contributed by atoms with Crippen LogP contribution in [0.15, 0.2) is 101 Å². The van der Waals surface area contributed by atoms with E-state index in [1.807, 2.05) is 31.2 Å². The summed E-state index contributed by atoms with van der Waals surface area (Å²) in [5, 5.41) is 13.5. The Morgan fingerprint density at radius 3 is 2.35 bits per heavy atom. The lowest BCUT2D eigenvalue weighted by atomic mass is 10.1. The molecule has 4 N–H and O–H groups in total. The molecule has 0 bridgehead atoms. The Balaban J connectivity index is 1.31. The van der Waals surface area contributed by atoms with E-state index in [4.69, 9.17) is 15.2 Å². The molecular weight excluding hydrogens is 550 g/mol. The lowest BCUT2D eigenvalue weighted by molar-refractivity contribution is -0.115. The molecule has 43 heavy (non-hydrogen) atoms. The number of para-hydroxylation sites is 2. The van der Waals surface area contributed by atoms with Crippen LogP contribution in [0.2, 0.25) is 0 Å². The molecular formula is C31H31N7O5. The Labute approximate surface area is 248 Å². The molecule has 0 aliphatic carbocycles. The number of aromatic nitrogens is 1. The standard InChI is InChI=1S/C31H31N7O5/c1-3-21-11-7-9-15-25(21)38(2)31(41)43-20-42-26-16-10-8-14-23(26)36-37-24-17-18-27(35-29(24)32)34-28(39)19-33-30(40)22-12-5-4-6-13-22/h4-18H,3,19-20H2,1-2H3,(H,33,40)(H3,32,34,35,39)/b37-36+. The first-order chi connectivity index (χ1) is 20.9. The first-order valence-electron chi connectivity index (χ1n) is 13.4. The molecule has 0 spiro atoms. The summed E-state index contributed by atoms with van der Waals surface area (Å²) >= 11 is 0. The van der Waals surface area contributed by atoms with Gasteiger partial charge in [-0.2, -0.15) is 0 Å². The fourth-order valence-corrected chi connectivity index (χ4v) is 3.91. The number of nitrogens with zero attached hydrogens (tertiary/aromatic N) is 4. The molecule has 0 radical (unpaired) electrons. The third kappa shape index (κ3) is 8.36. The van der Waals surface area contributed by atoms with Gasteiger partial charge in [0.05, 0.1) is 6.54 Å². The highest BCUT2D eigenvalue weighted by atomic mass is 16.7. The second-order valence-electron chi connectivity index (χ2n) is 9.08. The highest BCUT2D eigenvalue weighted by molar-refractivity contribution is 5.99. The van der Waals surface area contributed by atoms with Gasteiger partial charge in [-0.05, 0) is 54.4 Å². The van der Waals surface area contributed by atoms with E-state index in [9.17, 15) is 14.4 Å². The third-order valence-electron chi connectivity index (χ3n) is 6.15. The van der Waals surface area contributed by atoms with Crippen LogP contribution in [-0.4, -0.2) is 43.3 Å². The molecule has 12 nitrogen and oxygen atoms in total. The van der Waals surface area contributed by atoms with Crippen molar-refractivity contribution in [2.24, 2.45) is 10.2 Å². The number of hydrogen-bond donors (Lipinski definition) is 3. The Morgan fingerprint density at radius 2 is 1.58 bits per heavy atom. The van der Waals surface area contributed by atoms with Crippen LogP contribution in [-0.2, 0) is 16.0 Å². The van der Waals surface area contributed by atoms with Crippen LogP contribution in [0.5, 0.6) is 5.75 Å². The minimum absolute atomic E-state index is 0.0256. The molecule has 1 aromatic heterocycles. The number of nitrogens with one attached hydrogen (secondary N) is 2. The van der Waals surface area contributed by atoms with Crippen LogP contribution in [0.4, 0.5) is 33.5 Å². The molecule has 0 aliphatic heterocycles. The second kappa shape index (κ2) is 14.7. The van der Waals surface area contributed by atoms with E-state index < -0.39 is 12.0 Å². The number of carbonyl (C=O) groups excluding carboxylic acids is 3. The highest BCUT2D eigenvalue weighted by Crippen LogP contribution is 2.30. The number of azo groups is 1. The van der Waals surface area contributed by atoms with Crippen LogP contribution in [0.25, 0.3) is 0 Å². The van der Waals surface area contributed by atoms with Gasteiger partial charge < -0.3 is 25.8 Å². The first-order valence-corrected chi connectivity index (χ1v) is 13.4. The number of benzene rings is 3. The number of aryl methyl sites for hydroxylation is 1. The van der Waals surface area contributed by atoms with Crippen LogP contribution in [0.3, 0.4) is 0 Å². The molecule has 0 atom stereocenters. The molecule has 4 aromatic rings. The van der Waals surface area contributed by atoms with E-state index in [0.29, 0.717) is 17.0 Å². The van der Waals surface area contributed by atoms with E-state index in [1.165, 1.54) is 11.0 Å². The van der Waals surface area contributed by atoms with Gasteiger partial charge in [0.1, 0.15) is 17.2 Å². The van der Waals surface area contributed by atoms with Crippen molar-refractivity contribution in [1.82, 2.24) is 10.3 Å². The maximum Gasteiger partial charge on any atom is 0.416 e. The van der Waals surface area contributed by atoms with Gasteiger partial charge in [-0.25, -0.2) is 9.78 Å². The number of nitrogens with two attached hydrogens (primary N) is 1. The highest BCUT2D eigenvalue weighted by Gasteiger charge is 2.15. The lowest BCUT2D eigenvalue weighted by Crippen LogP contribution is -2.33. The summed E-state index contributed by atoms with van der Waals surface area (Å²) in [5.41, 5.74) is 8.88. The van der Waals surface area contributed by atoms with Crippen molar-refractivity contribution in [2.45, 2.75) is 13.3 Å². The number of pyridine rings is 1. The molecule has 0 saturated heterocycles. The Morgan fingerprint density at radius 1 is 0.884 bits per heavy atom. The van der Waals surface area contributed by atoms with Crippen LogP contribution in [0, 0.1) is 0 Å². The summed E-state index contributed by atoms with van der Waals surface area (Å²) in [7, 11) is 1.64. The number of amides is 3. The zero-order valence-corrected chi connectivity index (χ0v) is 23.7. The molecule has 0 fully saturated rings. The summed E-state index contributed by atoms with van der Waals surface area (Å²) in [6.45, 7) is 1.43. The maximum atomic E-state index is 12.6. The number of hydrogen-bond acceptors (Lipinski definition) is 9. The molecule has 4 rings (SSSR count). The van der Waals surface area contributed by atoms with Crippen molar-refractivity contribution in [3.05, 3.63) is 102 Å². The number of rotatable bonds is 11. The summed E-state index contributed by atoms with van der Waals surface area (Å²) in [6.07, 6.45) is 0.208. The predicted octanol–water partition coefficient (Wildman–Crippen LogP) is 5.62. The van der Waals surface area contributed by atoms with Gasteiger partial charge in [0, 0.05) is 18.3 Å². The van der Waals surface area contributed by atoms with Gasteiger partial charge in [-0.1, -0.05) is 55.5 Å². The summed E-state index contributed by atoms with van der Waals surface area (Å²) < 4.78 is 11.0. The predicted molar refractivity (Wildman–Crippen MR) is 163 cm³/mol. The molecule has 12 heteroatoms. The van der Waals surface area contributed by atoms with E-state index in [-0.39, 0.29) is 36.6 Å². The van der Waals surface area contributed by atoms with Crippen molar-refractivity contribution >= 4 is 46.6 Å². The zero-order valence-electron chi connectivity index (χ0n) is 23.7. The monoisotopic (exact) mass is 581 g/mol. The van der Waals surface area contributed by atoms with Crippen molar-refractivity contribution < 1.29 is 23.9 Å². The van der Waals surface area contributed by atoms with Gasteiger partial charge in [-0.3, -0.25) is 14.5 Å². The zero-order chi connectivity index (χ0) is 30.6. The van der Waals surface area contributed by atoms with Crippen LogP contribution in [0.1, 0.15) is 22.8 Å². The average Bonchev–Trinajstić information content (AvgIpc) is 3.03. The van der Waals surface area contributed by atoms with E-state index in [0.717, 1.165) is 17.7 Å². The second-order valence-corrected chi connectivity index (χ2v) is 9.08. The van der Waals surface area contributed by atoms with Crippen molar-refractivity contribution in [1.29, 1.82) is 0 Å².